The second-order valence-corrected chi connectivity index (χ2v) is 5.97. The van der Waals surface area contributed by atoms with Crippen LogP contribution in [-0.4, -0.2) is 12.5 Å². The summed E-state index contributed by atoms with van der Waals surface area (Å²) < 4.78 is 11.2. The Morgan fingerprint density at radius 2 is 1.65 bits per heavy atom. The highest BCUT2D eigenvalue weighted by Crippen LogP contribution is 2.23. The first kappa shape index (κ1) is 17.7. The minimum Gasteiger partial charge on any atom is -0.457 e. The van der Waals surface area contributed by atoms with Gasteiger partial charge in [-0.05, 0) is 54.4 Å². The van der Waals surface area contributed by atoms with Crippen LogP contribution >= 0.6 is 0 Å². The predicted molar refractivity (Wildman–Crippen MR) is 102 cm³/mol. The molecule has 0 radical (unpaired) electrons. The molecule has 0 aromatic heterocycles. The fraction of sp³-hybridized carbons (Fsp3) is 0.136. The molecule has 0 spiro atoms. The SMILES string of the molecule is Cc1cccc(Oc2ccc(NC(=O)COCc3ccccc3)cc2)c1. The number of anilines is 1. The van der Waals surface area contributed by atoms with Crippen LogP contribution in [0.4, 0.5) is 5.69 Å². The van der Waals surface area contributed by atoms with Gasteiger partial charge >= 0.3 is 0 Å². The standard InChI is InChI=1S/C22H21NO3/c1-17-6-5-9-21(14-17)26-20-12-10-19(11-13-20)23-22(24)16-25-15-18-7-3-2-4-8-18/h2-14H,15-16H2,1H3,(H,23,24). The van der Waals surface area contributed by atoms with E-state index in [-0.39, 0.29) is 12.5 Å². The predicted octanol–water partition coefficient (Wildman–Crippen LogP) is 4.94. The molecule has 132 valence electrons. The third kappa shape index (κ3) is 5.46. The second-order valence-electron chi connectivity index (χ2n) is 5.97. The largest absolute Gasteiger partial charge is 0.457 e. The Labute approximate surface area is 153 Å². The van der Waals surface area contributed by atoms with E-state index < -0.39 is 0 Å². The summed E-state index contributed by atoms with van der Waals surface area (Å²) in [5, 5.41) is 2.81. The number of carbonyl (C=O) groups is 1. The summed E-state index contributed by atoms with van der Waals surface area (Å²) >= 11 is 0. The zero-order valence-electron chi connectivity index (χ0n) is 14.6. The van der Waals surface area contributed by atoms with Crippen molar-refractivity contribution in [3.63, 3.8) is 0 Å². The fourth-order valence-corrected chi connectivity index (χ4v) is 2.45. The summed E-state index contributed by atoms with van der Waals surface area (Å²) in [6.07, 6.45) is 0. The summed E-state index contributed by atoms with van der Waals surface area (Å²) in [6, 6.07) is 24.9. The first-order valence-corrected chi connectivity index (χ1v) is 8.45. The highest BCUT2D eigenvalue weighted by atomic mass is 16.5. The molecule has 1 amide bonds. The molecule has 0 aliphatic rings. The van der Waals surface area contributed by atoms with Crippen molar-refractivity contribution in [2.75, 3.05) is 11.9 Å². The first-order chi connectivity index (χ1) is 12.7. The van der Waals surface area contributed by atoms with Crippen molar-refractivity contribution in [1.29, 1.82) is 0 Å². The molecule has 0 heterocycles. The minimum absolute atomic E-state index is 0.0104. The van der Waals surface area contributed by atoms with Crippen LogP contribution in [0.25, 0.3) is 0 Å². The Hall–Kier alpha value is -3.11. The number of carbonyl (C=O) groups excluding carboxylic acids is 1. The Kier molecular flexibility index (Phi) is 6.01. The van der Waals surface area contributed by atoms with Crippen molar-refractivity contribution in [2.24, 2.45) is 0 Å². The van der Waals surface area contributed by atoms with Crippen molar-refractivity contribution in [2.45, 2.75) is 13.5 Å². The van der Waals surface area contributed by atoms with Crippen molar-refractivity contribution in [3.8, 4) is 11.5 Å². The molecule has 0 unspecified atom stereocenters. The zero-order valence-corrected chi connectivity index (χ0v) is 14.6. The molecular weight excluding hydrogens is 326 g/mol. The van der Waals surface area contributed by atoms with Crippen LogP contribution in [0.5, 0.6) is 11.5 Å². The van der Waals surface area contributed by atoms with Crippen LogP contribution in [0.3, 0.4) is 0 Å². The topological polar surface area (TPSA) is 47.6 Å². The molecule has 0 atom stereocenters. The van der Waals surface area contributed by atoms with E-state index in [1.165, 1.54) is 0 Å². The molecule has 0 bridgehead atoms. The van der Waals surface area contributed by atoms with E-state index >= 15 is 0 Å². The van der Waals surface area contributed by atoms with Gasteiger partial charge < -0.3 is 14.8 Å². The van der Waals surface area contributed by atoms with E-state index in [2.05, 4.69) is 5.32 Å². The lowest BCUT2D eigenvalue weighted by molar-refractivity contribution is -0.121. The number of hydrogen-bond donors (Lipinski definition) is 1. The summed E-state index contributed by atoms with van der Waals surface area (Å²) in [5.74, 6) is 1.32. The zero-order chi connectivity index (χ0) is 18.2. The van der Waals surface area contributed by atoms with Gasteiger partial charge in [-0.3, -0.25) is 4.79 Å². The number of nitrogens with one attached hydrogen (secondary N) is 1. The molecule has 3 rings (SSSR count). The maximum Gasteiger partial charge on any atom is 0.250 e. The maximum atomic E-state index is 11.9. The molecule has 26 heavy (non-hydrogen) atoms. The van der Waals surface area contributed by atoms with Crippen molar-refractivity contribution < 1.29 is 14.3 Å². The summed E-state index contributed by atoms with van der Waals surface area (Å²) in [4.78, 5) is 11.9. The van der Waals surface area contributed by atoms with Crippen LogP contribution < -0.4 is 10.1 Å². The smallest absolute Gasteiger partial charge is 0.250 e. The highest BCUT2D eigenvalue weighted by Gasteiger charge is 2.04. The van der Waals surface area contributed by atoms with Gasteiger partial charge in [0.05, 0.1) is 6.61 Å². The minimum atomic E-state index is -0.187. The number of benzene rings is 3. The summed E-state index contributed by atoms with van der Waals surface area (Å²) in [5.41, 5.74) is 2.88. The monoisotopic (exact) mass is 347 g/mol. The highest BCUT2D eigenvalue weighted by molar-refractivity contribution is 5.91. The Balaban J connectivity index is 1.46. The maximum absolute atomic E-state index is 11.9. The molecular formula is C22H21NO3. The van der Waals surface area contributed by atoms with Crippen LogP contribution in [0.1, 0.15) is 11.1 Å². The van der Waals surface area contributed by atoms with Crippen molar-refractivity contribution in [1.82, 2.24) is 0 Å². The van der Waals surface area contributed by atoms with Crippen LogP contribution in [0.2, 0.25) is 0 Å². The lowest BCUT2D eigenvalue weighted by atomic mass is 10.2. The van der Waals surface area contributed by atoms with E-state index in [0.717, 1.165) is 16.9 Å². The average molecular weight is 347 g/mol. The molecule has 0 fully saturated rings. The van der Waals surface area contributed by atoms with Crippen LogP contribution in [-0.2, 0) is 16.1 Å². The van der Waals surface area contributed by atoms with Gasteiger partial charge in [-0.1, -0.05) is 42.5 Å². The van der Waals surface area contributed by atoms with E-state index in [4.69, 9.17) is 9.47 Å². The normalized spacial score (nSPS) is 10.3. The van der Waals surface area contributed by atoms with Gasteiger partial charge in [-0.2, -0.15) is 0 Å². The fourth-order valence-electron chi connectivity index (χ4n) is 2.45. The molecule has 3 aromatic rings. The second kappa shape index (κ2) is 8.83. The Bertz CT molecular complexity index is 845. The van der Waals surface area contributed by atoms with E-state index in [1.54, 1.807) is 12.1 Å². The third-order valence-electron chi connectivity index (χ3n) is 3.71. The summed E-state index contributed by atoms with van der Waals surface area (Å²) in [7, 11) is 0. The number of ether oxygens (including phenoxy) is 2. The van der Waals surface area contributed by atoms with Crippen molar-refractivity contribution >= 4 is 11.6 Å². The number of amides is 1. The molecule has 0 aliphatic heterocycles. The lowest BCUT2D eigenvalue weighted by Crippen LogP contribution is -2.18. The molecule has 0 saturated carbocycles. The number of aryl methyl sites for hydroxylation is 1. The van der Waals surface area contributed by atoms with E-state index in [0.29, 0.717) is 18.0 Å². The lowest BCUT2D eigenvalue weighted by Gasteiger charge is -2.09. The average Bonchev–Trinajstić information content (AvgIpc) is 2.64. The Morgan fingerprint density at radius 1 is 0.885 bits per heavy atom. The van der Waals surface area contributed by atoms with Gasteiger partial charge in [-0.25, -0.2) is 0 Å². The molecule has 4 heteroatoms. The third-order valence-corrected chi connectivity index (χ3v) is 3.71. The molecule has 0 saturated heterocycles. The molecule has 0 aliphatic carbocycles. The number of hydrogen-bond acceptors (Lipinski definition) is 3. The molecule has 1 N–H and O–H groups in total. The first-order valence-electron chi connectivity index (χ1n) is 8.45. The van der Waals surface area contributed by atoms with Gasteiger partial charge in [0, 0.05) is 5.69 Å². The quantitative estimate of drug-likeness (QED) is 0.658. The van der Waals surface area contributed by atoms with E-state index in [9.17, 15) is 4.79 Å². The van der Waals surface area contributed by atoms with E-state index in [1.807, 2.05) is 73.7 Å². The van der Waals surface area contributed by atoms with Crippen LogP contribution in [0, 0.1) is 6.92 Å². The van der Waals surface area contributed by atoms with Crippen molar-refractivity contribution in [3.05, 3.63) is 90.0 Å². The number of rotatable bonds is 7. The van der Waals surface area contributed by atoms with Gasteiger partial charge in [0.2, 0.25) is 5.91 Å². The summed E-state index contributed by atoms with van der Waals surface area (Å²) in [6.45, 7) is 2.44. The van der Waals surface area contributed by atoms with Gasteiger partial charge in [0.15, 0.2) is 0 Å². The molecule has 3 aromatic carbocycles. The van der Waals surface area contributed by atoms with Crippen LogP contribution in [0.15, 0.2) is 78.9 Å². The van der Waals surface area contributed by atoms with Gasteiger partial charge in [0.1, 0.15) is 18.1 Å². The molecule has 4 nitrogen and oxygen atoms in total. The Morgan fingerprint density at radius 3 is 2.38 bits per heavy atom. The van der Waals surface area contributed by atoms with Gasteiger partial charge in [0.25, 0.3) is 0 Å². The van der Waals surface area contributed by atoms with Gasteiger partial charge in [-0.15, -0.1) is 0 Å².